The summed E-state index contributed by atoms with van der Waals surface area (Å²) in [6, 6.07) is 0. The van der Waals surface area contributed by atoms with E-state index in [4.69, 9.17) is 28.4 Å². The molecule has 0 unspecified atom stereocenters. The minimum absolute atomic E-state index is 0.0188. The van der Waals surface area contributed by atoms with Crippen molar-refractivity contribution < 1.29 is 33.2 Å². The fraction of sp³-hybridized carbons (Fsp3) is 0.643. The second-order valence-electron chi connectivity index (χ2n) is 5.04. The lowest BCUT2D eigenvalue weighted by molar-refractivity contribution is -0.164. The Balaban J connectivity index is 2.17. The average Bonchev–Trinajstić information content (AvgIpc) is 2.94. The molecule has 0 radical (unpaired) electrons. The van der Waals surface area contributed by atoms with Gasteiger partial charge in [-0.1, -0.05) is 12.7 Å². The van der Waals surface area contributed by atoms with Gasteiger partial charge < -0.3 is 28.4 Å². The zero-order valence-corrected chi connectivity index (χ0v) is 12.4. The van der Waals surface area contributed by atoms with E-state index in [0.29, 0.717) is 6.61 Å². The molecule has 2 atom stereocenters. The molecule has 0 aromatic carbocycles. The molecule has 2 aliphatic heterocycles. The standard InChI is InChI=1S/C14H20O7/c1-5-6-17-12-11(18-8-16-4)10(20-13(12)15)9-7-19-14(2,3)21-9/h5,9-10H,1,6-8H2,2-4H3/t9-,10+/m0/s1. The molecule has 0 N–H and O–H groups in total. The molecule has 0 amide bonds. The molecule has 7 heteroatoms. The number of hydrogen-bond acceptors (Lipinski definition) is 7. The van der Waals surface area contributed by atoms with E-state index in [0.717, 1.165) is 0 Å². The highest BCUT2D eigenvalue weighted by Crippen LogP contribution is 2.34. The van der Waals surface area contributed by atoms with Crippen molar-refractivity contribution >= 4 is 5.97 Å². The number of carbonyl (C=O) groups excluding carboxylic acids is 1. The molecule has 21 heavy (non-hydrogen) atoms. The van der Waals surface area contributed by atoms with E-state index in [-0.39, 0.29) is 24.9 Å². The molecule has 0 saturated carbocycles. The Kier molecular flexibility index (Phi) is 4.87. The largest absolute Gasteiger partial charge is 0.480 e. The quantitative estimate of drug-likeness (QED) is 0.396. The molecule has 7 nitrogen and oxygen atoms in total. The van der Waals surface area contributed by atoms with E-state index in [1.54, 1.807) is 13.8 Å². The van der Waals surface area contributed by atoms with Gasteiger partial charge in [0.05, 0.1) is 6.61 Å². The lowest BCUT2D eigenvalue weighted by Gasteiger charge is -2.21. The molecule has 0 aromatic heterocycles. The summed E-state index contributed by atoms with van der Waals surface area (Å²) < 4.78 is 32.1. The number of methoxy groups -OCH3 is 1. The lowest BCUT2D eigenvalue weighted by atomic mass is 10.2. The first-order valence-electron chi connectivity index (χ1n) is 6.61. The molecule has 2 heterocycles. The zero-order chi connectivity index (χ0) is 15.5. The van der Waals surface area contributed by atoms with Crippen molar-refractivity contribution in [2.24, 2.45) is 0 Å². The first-order valence-corrected chi connectivity index (χ1v) is 6.61. The van der Waals surface area contributed by atoms with Crippen molar-refractivity contribution in [1.29, 1.82) is 0 Å². The highest BCUT2D eigenvalue weighted by molar-refractivity contribution is 5.89. The van der Waals surface area contributed by atoms with E-state index >= 15 is 0 Å². The summed E-state index contributed by atoms with van der Waals surface area (Å²) in [6.07, 6.45) is 0.356. The van der Waals surface area contributed by atoms with Crippen molar-refractivity contribution in [2.45, 2.75) is 31.8 Å². The van der Waals surface area contributed by atoms with Crippen molar-refractivity contribution in [2.75, 3.05) is 27.1 Å². The summed E-state index contributed by atoms with van der Waals surface area (Å²) in [5.74, 6) is -1.05. The smallest absolute Gasteiger partial charge is 0.378 e. The third kappa shape index (κ3) is 3.55. The van der Waals surface area contributed by atoms with Gasteiger partial charge in [0.25, 0.3) is 0 Å². The Morgan fingerprint density at radius 3 is 2.76 bits per heavy atom. The Morgan fingerprint density at radius 1 is 1.43 bits per heavy atom. The highest BCUT2D eigenvalue weighted by atomic mass is 16.8. The van der Waals surface area contributed by atoms with E-state index < -0.39 is 24.0 Å². The second kappa shape index (κ2) is 6.46. The maximum Gasteiger partial charge on any atom is 0.378 e. The van der Waals surface area contributed by atoms with Crippen LogP contribution in [0.2, 0.25) is 0 Å². The molecule has 2 aliphatic rings. The molecule has 0 aromatic rings. The van der Waals surface area contributed by atoms with Gasteiger partial charge in [0, 0.05) is 7.11 Å². The van der Waals surface area contributed by atoms with Crippen molar-refractivity contribution in [3.05, 3.63) is 24.2 Å². The van der Waals surface area contributed by atoms with Crippen molar-refractivity contribution in [3.8, 4) is 0 Å². The Bertz CT molecular complexity index is 441. The predicted molar refractivity (Wildman–Crippen MR) is 70.9 cm³/mol. The van der Waals surface area contributed by atoms with Crippen LogP contribution in [0.15, 0.2) is 24.2 Å². The van der Waals surface area contributed by atoms with Gasteiger partial charge in [0.2, 0.25) is 5.76 Å². The third-order valence-corrected chi connectivity index (χ3v) is 2.95. The summed E-state index contributed by atoms with van der Waals surface area (Å²) in [7, 11) is 1.48. The zero-order valence-electron chi connectivity index (χ0n) is 12.4. The van der Waals surface area contributed by atoms with Crippen LogP contribution in [0.25, 0.3) is 0 Å². The van der Waals surface area contributed by atoms with Gasteiger partial charge in [-0.3, -0.25) is 0 Å². The number of esters is 1. The van der Waals surface area contributed by atoms with Gasteiger partial charge in [-0.2, -0.15) is 0 Å². The van der Waals surface area contributed by atoms with Gasteiger partial charge >= 0.3 is 5.97 Å². The van der Waals surface area contributed by atoms with Gasteiger partial charge in [-0.05, 0) is 13.8 Å². The van der Waals surface area contributed by atoms with E-state index in [9.17, 15) is 4.79 Å². The second-order valence-corrected chi connectivity index (χ2v) is 5.04. The van der Waals surface area contributed by atoms with Crippen LogP contribution in [0, 0.1) is 0 Å². The fourth-order valence-electron chi connectivity index (χ4n) is 2.10. The van der Waals surface area contributed by atoms with Crippen LogP contribution in [-0.2, 0) is 33.2 Å². The Labute approximate surface area is 123 Å². The number of rotatable bonds is 7. The number of cyclic esters (lactones) is 1. The first-order chi connectivity index (χ1) is 9.98. The number of hydrogen-bond donors (Lipinski definition) is 0. The number of ether oxygens (including phenoxy) is 6. The van der Waals surface area contributed by atoms with E-state index in [1.807, 2.05) is 0 Å². The first kappa shape index (κ1) is 15.8. The average molecular weight is 300 g/mol. The van der Waals surface area contributed by atoms with Gasteiger partial charge in [0.1, 0.15) is 12.7 Å². The summed E-state index contributed by atoms with van der Waals surface area (Å²) in [5.41, 5.74) is 0. The molecule has 0 spiro atoms. The summed E-state index contributed by atoms with van der Waals surface area (Å²) in [5, 5.41) is 0. The third-order valence-electron chi connectivity index (χ3n) is 2.95. The lowest BCUT2D eigenvalue weighted by Crippen LogP contribution is -2.33. The Hall–Kier alpha value is -1.57. The minimum Gasteiger partial charge on any atom is -0.480 e. The summed E-state index contributed by atoms with van der Waals surface area (Å²) in [4.78, 5) is 11.9. The SMILES string of the molecule is C=CCOC1=C(OCOC)[C@@H]([C@@H]2COC(C)(C)O2)OC1=O. The fourth-order valence-corrected chi connectivity index (χ4v) is 2.10. The van der Waals surface area contributed by atoms with Crippen molar-refractivity contribution in [1.82, 2.24) is 0 Å². The number of carbonyl (C=O) groups is 1. The summed E-state index contributed by atoms with van der Waals surface area (Å²) in [6.45, 7) is 7.55. The molecule has 1 saturated heterocycles. The molecular weight excluding hydrogens is 280 g/mol. The van der Waals surface area contributed by atoms with Crippen LogP contribution in [0.3, 0.4) is 0 Å². The molecule has 118 valence electrons. The van der Waals surface area contributed by atoms with E-state index in [2.05, 4.69) is 6.58 Å². The monoisotopic (exact) mass is 300 g/mol. The van der Waals surface area contributed by atoms with Crippen LogP contribution in [-0.4, -0.2) is 51.1 Å². The molecule has 0 aliphatic carbocycles. The molecule has 2 rings (SSSR count). The van der Waals surface area contributed by atoms with Crippen LogP contribution < -0.4 is 0 Å². The molecule has 1 fully saturated rings. The van der Waals surface area contributed by atoms with Gasteiger partial charge in [-0.15, -0.1) is 0 Å². The van der Waals surface area contributed by atoms with Crippen LogP contribution in [0.1, 0.15) is 13.8 Å². The highest BCUT2D eigenvalue weighted by Gasteiger charge is 2.48. The normalized spacial score (nSPS) is 27.7. The maximum absolute atomic E-state index is 11.9. The molecular formula is C14H20O7. The van der Waals surface area contributed by atoms with Crippen LogP contribution >= 0.6 is 0 Å². The minimum atomic E-state index is -0.728. The van der Waals surface area contributed by atoms with Gasteiger partial charge in [-0.25, -0.2) is 4.79 Å². The van der Waals surface area contributed by atoms with Crippen LogP contribution in [0.4, 0.5) is 0 Å². The van der Waals surface area contributed by atoms with E-state index in [1.165, 1.54) is 13.2 Å². The maximum atomic E-state index is 11.9. The summed E-state index contributed by atoms with van der Waals surface area (Å²) >= 11 is 0. The Morgan fingerprint density at radius 2 is 2.19 bits per heavy atom. The van der Waals surface area contributed by atoms with Crippen LogP contribution in [0.5, 0.6) is 0 Å². The molecule has 0 bridgehead atoms. The van der Waals surface area contributed by atoms with Crippen molar-refractivity contribution in [3.63, 3.8) is 0 Å². The predicted octanol–water partition coefficient (Wildman–Crippen LogP) is 1.10. The van der Waals surface area contributed by atoms with Gasteiger partial charge in [0.15, 0.2) is 24.4 Å². The topological polar surface area (TPSA) is 72.5 Å².